The fourth-order valence-corrected chi connectivity index (χ4v) is 1.30. The summed E-state index contributed by atoms with van der Waals surface area (Å²) in [5.41, 5.74) is 0.541. The maximum Gasteiger partial charge on any atom is 0.387 e. The minimum Gasteiger partial charge on any atom is -0.434 e. The number of rotatable bonds is 7. The van der Waals surface area contributed by atoms with Crippen LogP contribution in [-0.2, 0) is 6.54 Å². The number of nitrogens with one attached hydrogen (secondary N) is 1. The van der Waals surface area contributed by atoms with E-state index in [1.165, 1.54) is 6.07 Å². The molecule has 0 saturated heterocycles. The first-order valence-corrected chi connectivity index (χ1v) is 5.15. The van der Waals surface area contributed by atoms with Gasteiger partial charge in [0.2, 0.25) is 0 Å². The third-order valence-electron chi connectivity index (χ3n) is 2.21. The van der Waals surface area contributed by atoms with Crippen LogP contribution < -0.4 is 10.1 Å². The molecule has 4 nitrogen and oxygen atoms in total. The van der Waals surface area contributed by atoms with Crippen LogP contribution in [0.5, 0.6) is 5.75 Å². The number of ether oxygens (including phenoxy) is 1. The van der Waals surface area contributed by atoms with Crippen molar-refractivity contribution < 1.29 is 23.7 Å². The smallest absolute Gasteiger partial charge is 0.387 e. The topological polar surface area (TPSA) is 61.7 Å². The summed E-state index contributed by atoms with van der Waals surface area (Å²) in [7, 11) is 0. The van der Waals surface area contributed by atoms with Crippen molar-refractivity contribution in [2.45, 2.75) is 19.2 Å². The van der Waals surface area contributed by atoms with Crippen LogP contribution in [0.15, 0.2) is 24.3 Å². The average molecular weight is 247 g/mol. The second-order valence-electron chi connectivity index (χ2n) is 3.43. The Kier molecular flexibility index (Phi) is 5.82. The van der Waals surface area contributed by atoms with Gasteiger partial charge in [-0.1, -0.05) is 18.2 Å². The molecule has 0 atom stereocenters. The summed E-state index contributed by atoms with van der Waals surface area (Å²) >= 11 is 0. The molecule has 1 aromatic rings. The van der Waals surface area contributed by atoms with E-state index in [0.717, 1.165) is 0 Å². The Morgan fingerprint density at radius 3 is 2.41 bits per heavy atom. The highest BCUT2D eigenvalue weighted by atomic mass is 19.3. The zero-order chi connectivity index (χ0) is 12.7. The lowest BCUT2D eigenvalue weighted by Gasteiger charge is -2.15. The van der Waals surface area contributed by atoms with Crippen LogP contribution in [0.4, 0.5) is 8.78 Å². The van der Waals surface area contributed by atoms with Gasteiger partial charge >= 0.3 is 6.61 Å². The number of hydrogen-bond acceptors (Lipinski definition) is 4. The third kappa shape index (κ3) is 4.64. The van der Waals surface area contributed by atoms with E-state index in [1.807, 2.05) is 0 Å². The standard InChI is InChI=1S/C11H15F2NO3/c12-11(13)17-10-4-2-1-3-8(10)5-14-9(6-15)7-16/h1-4,9,11,14-16H,5-7H2. The molecule has 0 unspecified atom stereocenters. The van der Waals surface area contributed by atoms with Gasteiger partial charge in [-0.25, -0.2) is 0 Å². The second kappa shape index (κ2) is 7.16. The Balaban J connectivity index is 2.63. The van der Waals surface area contributed by atoms with Crippen LogP contribution in [0.1, 0.15) is 5.56 Å². The van der Waals surface area contributed by atoms with Crippen molar-refractivity contribution in [2.75, 3.05) is 13.2 Å². The molecular formula is C11H15F2NO3. The lowest BCUT2D eigenvalue weighted by Crippen LogP contribution is -2.35. The predicted molar refractivity (Wildman–Crippen MR) is 57.9 cm³/mol. The maximum absolute atomic E-state index is 12.1. The Labute approximate surface area is 97.8 Å². The summed E-state index contributed by atoms with van der Waals surface area (Å²) in [5, 5.41) is 20.5. The molecule has 0 amide bonds. The fourth-order valence-electron chi connectivity index (χ4n) is 1.30. The van der Waals surface area contributed by atoms with Crippen molar-refractivity contribution in [1.29, 1.82) is 0 Å². The molecule has 0 heterocycles. The van der Waals surface area contributed by atoms with E-state index in [1.54, 1.807) is 18.2 Å². The number of aliphatic hydroxyl groups excluding tert-OH is 2. The highest BCUT2D eigenvalue weighted by Gasteiger charge is 2.10. The predicted octanol–water partition coefficient (Wildman–Crippen LogP) is 0.731. The summed E-state index contributed by atoms with van der Waals surface area (Å²) in [6, 6.07) is 5.89. The van der Waals surface area contributed by atoms with Gasteiger partial charge in [0.1, 0.15) is 5.75 Å². The highest BCUT2D eigenvalue weighted by Crippen LogP contribution is 2.19. The maximum atomic E-state index is 12.1. The van der Waals surface area contributed by atoms with Crippen molar-refractivity contribution in [3.8, 4) is 5.75 Å². The van der Waals surface area contributed by atoms with Crippen molar-refractivity contribution >= 4 is 0 Å². The molecule has 0 fully saturated rings. The van der Waals surface area contributed by atoms with Crippen LogP contribution >= 0.6 is 0 Å². The van der Waals surface area contributed by atoms with Gasteiger partial charge in [0.05, 0.1) is 19.3 Å². The van der Waals surface area contributed by atoms with E-state index in [0.29, 0.717) is 5.56 Å². The minimum atomic E-state index is -2.87. The molecule has 0 aliphatic rings. The number of alkyl halides is 2. The van der Waals surface area contributed by atoms with Gasteiger partial charge in [-0.15, -0.1) is 0 Å². The number of halogens is 2. The molecule has 3 N–H and O–H groups in total. The second-order valence-corrected chi connectivity index (χ2v) is 3.43. The Hall–Kier alpha value is -1.24. The zero-order valence-electron chi connectivity index (χ0n) is 9.14. The first-order valence-electron chi connectivity index (χ1n) is 5.15. The van der Waals surface area contributed by atoms with E-state index in [-0.39, 0.29) is 25.5 Å². The number of hydrogen-bond donors (Lipinski definition) is 3. The molecule has 6 heteroatoms. The molecule has 0 bridgehead atoms. The van der Waals surface area contributed by atoms with E-state index in [4.69, 9.17) is 10.2 Å². The Bertz CT molecular complexity index is 332. The molecule has 0 saturated carbocycles. The summed E-state index contributed by atoms with van der Waals surface area (Å²) in [6.45, 7) is -3.10. The lowest BCUT2D eigenvalue weighted by molar-refractivity contribution is -0.0505. The molecule has 0 aliphatic carbocycles. The van der Waals surface area contributed by atoms with Crippen LogP contribution in [0, 0.1) is 0 Å². The summed E-state index contributed by atoms with van der Waals surface area (Å²) in [5.74, 6) is 0.0876. The van der Waals surface area contributed by atoms with Crippen molar-refractivity contribution in [2.24, 2.45) is 0 Å². The fraction of sp³-hybridized carbons (Fsp3) is 0.455. The Morgan fingerprint density at radius 1 is 1.18 bits per heavy atom. The monoisotopic (exact) mass is 247 g/mol. The lowest BCUT2D eigenvalue weighted by atomic mass is 10.2. The normalized spacial score (nSPS) is 11.2. The van der Waals surface area contributed by atoms with Gasteiger partial charge in [0, 0.05) is 12.1 Å². The summed E-state index contributed by atoms with van der Waals surface area (Å²) < 4.78 is 28.6. The van der Waals surface area contributed by atoms with Crippen molar-refractivity contribution in [3.05, 3.63) is 29.8 Å². The number of para-hydroxylation sites is 1. The first kappa shape index (κ1) is 13.8. The zero-order valence-corrected chi connectivity index (χ0v) is 9.14. The van der Waals surface area contributed by atoms with E-state index in [2.05, 4.69) is 10.1 Å². The molecular weight excluding hydrogens is 232 g/mol. The largest absolute Gasteiger partial charge is 0.434 e. The van der Waals surface area contributed by atoms with E-state index in [9.17, 15) is 8.78 Å². The van der Waals surface area contributed by atoms with Gasteiger partial charge in [0.15, 0.2) is 0 Å². The van der Waals surface area contributed by atoms with Crippen molar-refractivity contribution in [1.82, 2.24) is 5.32 Å². The highest BCUT2D eigenvalue weighted by molar-refractivity contribution is 5.33. The first-order chi connectivity index (χ1) is 8.17. The molecule has 96 valence electrons. The minimum absolute atomic E-state index is 0.0876. The Morgan fingerprint density at radius 2 is 1.82 bits per heavy atom. The van der Waals surface area contributed by atoms with Crippen LogP contribution in [0.2, 0.25) is 0 Å². The summed E-state index contributed by atoms with van der Waals surface area (Å²) in [4.78, 5) is 0. The number of aliphatic hydroxyl groups is 2. The van der Waals surface area contributed by atoms with E-state index < -0.39 is 12.7 Å². The molecule has 0 spiro atoms. The van der Waals surface area contributed by atoms with Gasteiger partial charge in [-0.05, 0) is 6.07 Å². The van der Waals surface area contributed by atoms with Crippen LogP contribution in [0.25, 0.3) is 0 Å². The molecule has 17 heavy (non-hydrogen) atoms. The van der Waals surface area contributed by atoms with Crippen LogP contribution in [-0.4, -0.2) is 36.1 Å². The van der Waals surface area contributed by atoms with Gasteiger partial charge < -0.3 is 20.3 Å². The average Bonchev–Trinajstić information content (AvgIpc) is 2.31. The third-order valence-corrected chi connectivity index (χ3v) is 2.21. The molecule has 0 aliphatic heterocycles. The van der Waals surface area contributed by atoms with E-state index >= 15 is 0 Å². The van der Waals surface area contributed by atoms with Gasteiger partial charge in [0.25, 0.3) is 0 Å². The quantitative estimate of drug-likeness (QED) is 0.664. The van der Waals surface area contributed by atoms with Gasteiger partial charge in [-0.2, -0.15) is 8.78 Å². The van der Waals surface area contributed by atoms with Crippen molar-refractivity contribution in [3.63, 3.8) is 0 Å². The van der Waals surface area contributed by atoms with Gasteiger partial charge in [-0.3, -0.25) is 0 Å². The summed E-state index contributed by atoms with van der Waals surface area (Å²) in [6.07, 6.45) is 0. The molecule has 0 radical (unpaired) electrons. The SMILES string of the molecule is OCC(CO)NCc1ccccc1OC(F)F. The molecule has 0 aromatic heterocycles. The molecule has 1 rings (SSSR count). The molecule has 1 aromatic carbocycles. The van der Waals surface area contributed by atoms with Crippen LogP contribution in [0.3, 0.4) is 0 Å². The number of benzene rings is 1.